The molecular formula is C45H57N3O5S. The Labute approximate surface area is 325 Å². The summed E-state index contributed by atoms with van der Waals surface area (Å²) in [6, 6.07) is 20.9. The maximum atomic E-state index is 12.9. The predicted octanol–water partition coefficient (Wildman–Crippen LogP) is 11.3. The summed E-state index contributed by atoms with van der Waals surface area (Å²) in [5.41, 5.74) is 8.83. The van der Waals surface area contributed by atoms with Gasteiger partial charge in [0.25, 0.3) is 0 Å². The number of nitrogens with two attached hydrogens (primary N) is 1. The van der Waals surface area contributed by atoms with E-state index < -0.39 is 5.97 Å². The first-order valence-electron chi connectivity index (χ1n) is 19.9. The number of para-hydroxylation sites is 1. The van der Waals surface area contributed by atoms with Crippen molar-refractivity contribution in [3.63, 3.8) is 0 Å². The molecule has 0 radical (unpaired) electrons. The highest BCUT2D eigenvalue weighted by atomic mass is 32.1. The van der Waals surface area contributed by atoms with Crippen molar-refractivity contribution in [3.8, 4) is 11.5 Å². The Kier molecular flexibility index (Phi) is 16.1. The summed E-state index contributed by atoms with van der Waals surface area (Å²) in [6.07, 6.45) is 19.6. The molecule has 0 amide bonds. The lowest BCUT2D eigenvalue weighted by Gasteiger charge is -2.38. The first kappa shape index (κ1) is 40.7. The Morgan fingerprint density at radius 3 is 2.24 bits per heavy atom. The first-order chi connectivity index (χ1) is 26.4. The van der Waals surface area contributed by atoms with E-state index in [0.29, 0.717) is 46.9 Å². The van der Waals surface area contributed by atoms with Gasteiger partial charge in [0.15, 0.2) is 5.13 Å². The minimum atomic E-state index is -0.446. The molecular weight excluding hydrogens is 695 g/mol. The van der Waals surface area contributed by atoms with Crippen LogP contribution in [0.15, 0.2) is 79.4 Å². The number of benzene rings is 3. The van der Waals surface area contributed by atoms with Crippen LogP contribution in [0.3, 0.4) is 0 Å². The summed E-state index contributed by atoms with van der Waals surface area (Å²) in [4.78, 5) is 28.0. The average molecular weight is 752 g/mol. The van der Waals surface area contributed by atoms with E-state index in [4.69, 9.17) is 25.4 Å². The third-order valence-electron chi connectivity index (χ3n) is 11.0. The van der Waals surface area contributed by atoms with Crippen LogP contribution in [0.5, 0.6) is 11.5 Å². The van der Waals surface area contributed by atoms with Crippen LogP contribution in [0.2, 0.25) is 0 Å². The molecule has 2 fully saturated rings. The molecule has 4 aromatic rings. The number of anilines is 1. The fourth-order valence-corrected chi connectivity index (χ4v) is 8.76. The van der Waals surface area contributed by atoms with E-state index in [-0.39, 0.29) is 5.97 Å². The smallest absolute Gasteiger partial charge is 0.343 e. The molecule has 0 atom stereocenters. The Balaban J connectivity index is 0.000000478. The van der Waals surface area contributed by atoms with Crippen molar-refractivity contribution in [2.24, 2.45) is 17.8 Å². The number of thiazole rings is 1. The lowest BCUT2D eigenvalue weighted by Crippen LogP contribution is -2.25. The summed E-state index contributed by atoms with van der Waals surface area (Å²) < 4.78 is 17.7. The van der Waals surface area contributed by atoms with Crippen LogP contribution in [0.4, 0.5) is 5.13 Å². The molecule has 0 bridgehead atoms. The first-order valence-corrected chi connectivity index (χ1v) is 20.7. The van der Waals surface area contributed by atoms with Crippen molar-refractivity contribution in [1.82, 2.24) is 4.98 Å². The molecule has 8 nitrogen and oxygen atoms in total. The number of unbranched alkanes of at least 4 members (excludes halogenated alkanes) is 3. The number of hydrogen-bond donors (Lipinski definition) is 2. The number of aromatic nitrogens is 1. The number of hydrogen-bond acceptors (Lipinski definition) is 9. The standard InChI is InChI=1S/C38H51NO5.C7H6N2S/c1-3-9-28-10-12-29(13-11-28)30-14-16-31(17-15-30)33-20-23-36(34(26-33)27-39)44-38(41)32-18-21-35(22-19-32)42-24-7-5-6-8-25-43-37(40)4-2;8-7-9-5-3-1-2-4-6(5)10-7/h4,18-23,26-31,39H,2-3,5-17,24-25H2,1H3;1-4H,(H2,8,9). The van der Waals surface area contributed by atoms with E-state index >= 15 is 0 Å². The van der Waals surface area contributed by atoms with Gasteiger partial charge in [-0.2, -0.15) is 0 Å². The zero-order valence-corrected chi connectivity index (χ0v) is 32.6. The van der Waals surface area contributed by atoms with Gasteiger partial charge in [-0.15, -0.1) is 0 Å². The van der Waals surface area contributed by atoms with E-state index in [9.17, 15) is 9.59 Å². The summed E-state index contributed by atoms with van der Waals surface area (Å²) in [6.45, 7) is 6.68. The van der Waals surface area contributed by atoms with Crippen molar-refractivity contribution in [3.05, 3.63) is 96.1 Å². The average Bonchev–Trinajstić information content (AvgIpc) is 3.60. The highest BCUT2D eigenvalue weighted by molar-refractivity contribution is 7.22. The molecule has 3 N–H and O–H groups in total. The summed E-state index contributed by atoms with van der Waals surface area (Å²) in [5.74, 6) is 3.57. The van der Waals surface area contributed by atoms with Crippen LogP contribution in [0.1, 0.15) is 124 Å². The van der Waals surface area contributed by atoms with Gasteiger partial charge in [-0.1, -0.05) is 68.7 Å². The topological polar surface area (TPSA) is 125 Å². The van der Waals surface area contributed by atoms with Gasteiger partial charge in [0.2, 0.25) is 0 Å². The third kappa shape index (κ3) is 12.3. The molecule has 288 valence electrons. The second-order valence-corrected chi connectivity index (χ2v) is 15.8. The molecule has 9 heteroatoms. The van der Waals surface area contributed by atoms with Gasteiger partial charge in [-0.3, -0.25) is 0 Å². The largest absolute Gasteiger partial charge is 0.494 e. The number of nitrogens with zero attached hydrogens (tertiary/aromatic N) is 1. The summed E-state index contributed by atoms with van der Waals surface area (Å²) in [5, 5.41) is 8.62. The predicted molar refractivity (Wildman–Crippen MR) is 220 cm³/mol. The zero-order valence-electron chi connectivity index (χ0n) is 31.8. The van der Waals surface area contributed by atoms with E-state index in [1.165, 1.54) is 93.4 Å². The molecule has 6 rings (SSSR count). The second-order valence-electron chi connectivity index (χ2n) is 14.7. The van der Waals surface area contributed by atoms with Crippen molar-refractivity contribution >= 4 is 44.8 Å². The number of ether oxygens (including phenoxy) is 3. The van der Waals surface area contributed by atoms with E-state index in [2.05, 4.69) is 24.6 Å². The maximum absolute atomic E-state index is 12.9. The van der Waals surface area contributed by atoms with E-state index in [1.54, 1.807) is 24.3 Å². The SMILES string of the molecule is C=CC(=O)OCCCCCCOc1ccc(C(=O)Oc2ccc(C3CCC(C4CCC(CCC)CC4)CC3)cc2C=N)cc1.Nc1nc2ccccc2s1. The van der Waals surface area contributed by atoms with Gasteiger partial charge in [-0.05, 0) is 142 Å². The van der Waals surface area contributed by atoms with Gasteiger partial charge in [0.1, 0.15) is 11.5 Å². The third-order valence-corrected chi connectivity index (χ3v) is 11.9. The minimum absolute atomic E-state index is 0.383. The molecule has 0 spiro atoms. The van der Waals surface area contributed by atoms with Gasteiger partial charge in [-0.25, -0.2) is 14.6 Å². The Morgan fingerprint density at radius 2 is 1.57 bits per heavy atom. The second kappa shape index (κ2) is 21.4. The Morgan fingerprint density at radius 1 is 0.889 bits per heavy atom. The van der Waals surface area contributed by atoms with Crippen molar-refractivity contribution in [1.29, 1.82) is 5.41 Å². The fraction of sp³-hybridized carbons (Fsp3) is 0.467. The van der Waals surface area contributed by atoms with Gasteiger partial charge in [0, 0.05) is 17.9 Å². The van der Waals surface area contributed by atoms with Crippen LogP contribution in [-0.2, 0) is 9.53 Å². The Hall–Kier alpha value is -4.50. The number of rotatable bonds is 16. The normalized spacial score (nSPS) is 19.6. The lowest BCUT2D eigenvalue weighted by molar-refractivity contribution is -0.137. The maximum Gasteiger partial charge on any atom is 0.343 e. The van der Waals surface area contributed by atoms with Crippen LogP contribution < -0.4 is 15.2 Å². The highest BCUT2D eigenvalue weighted by Gasteiger charge is 2.31. The molecule has 1 heterocycles. The van der Waals surface area contributed by atoms with E-state index in [0.717, 1.165) is 53.7 Å². The Bertz CT molecular complexity index is 1760. The van der Waals surface area contributed by atoms with Crippen molar-refractivity contribution < 1.29 is 23.8 Å². The molecule has 2 saturated carbocycles. The molecule has 0 saturated heterocycles. The zero-order chi connectivity index (χ0) is 38.1. The number of nitrogens with one attached hydrogen (secondary N) is 1. The highest BCUT2D eigenvalue weighted by Crippen LogP contribution is 2.45. The van der Waals surface area contributed by atoms with Gasteiger partial charge < -0.3 is 25.4 Å². The van der Waals surface area contributed by atoms with Crippen molar-refractivity contribution in [2.75, 3.05) is 18.9 Å². The molecule has 0 aliphatic heterocycles. The minimum Gasteiger partial charge on any atom is -0.494 e. The number of fused-ring (bicyclic) bond motifs is 1. The number of carbonyl (C=O) groups excluding carboxylic acids is 2. The van der Waals surface area contributed by atoms with Crippen molar-refractivity contribution in [2.45, 2.75) is 103 Å². The van der Waals surface area contributed by atoms with Gasteiger partial charge >= 0.3 is 11.9 Å². The number of carbonyl (C=O) groups is 2. The van der Waals surface area contributed by atoms with Crippen LogP contribution in [0, 0.1) is 23.2 Å². The molecule has 54 heavy (non-hydrogen) atoms. The number of esters is 2. The monoisotopic (exact) mass is 751 g/mol. The van der Waals surface area contributed by atoms with Gasteiger partial charge in [0.05, 0.1) is 29.0 Å². The fourth-order valence-electron chi connectivity index (χ4n) is 8.02. The summed E-state index contributed by atoms with van der Waals surface area (Å²) >= 11 is 1.52. The summed E-state index contributed by atoms with van der Waals surface area (Å²) in [7, 11) is 0. The van der Waals surface area contributed by atoms with E-state index in [1.807, 2.05) is 36.4 Å². The number of nitrogen functional groups attached to an aromatic ring is 1. The molecule has 2 aliphatic carbocycles. The quantitative estimate of drug-likeness (QED) is 0.0384. The van der Waals surface area contributed by atoms with Crippen LogP contribution in [-0.4, -0.2) is 36.4 Å². The van der Waals surface area contributed by atoms with Crippen LogP contribution in [0.25, 0.3) is 10.2 Å². The van der Waals surface area contributed by atoms with Crippen LogP contribution >= 0.6 is 11.3 Å². The molecule has 2 aliphatic rings. The lowest BCUT2D eigenvalue weighted by atomic mass is 9.68. The molecule has 1 aromatic heterocycles. The molecule has 3 aromatic carbocycles. The molecule has 0 unspecified atom stereocenters.